The van der Waals surface area contributed by atoms with Gasteiger partial charge in [0.25, 0.3) is 0 Å². The Morgan fingerprint density at radius 1 is 1.21 bits per heavy atom. The van der Waals surface area contributed by atoms with E-state index < -0.39 is 6.10 Å². The lowest BCUT2D eigenvalue weighted by Gasteiger charge is -2.24. The molecular formula is C19H32N2O3. The van der Waals surface area contributed by atoms with Gasteiger partial charge >= 0.3 is 0 Å². The number of amides is 2. The van der Waals surface area contributed by atoms with E-state index in [0.717, 1.165) is 32.1 Å². The Morgan fingerprint density at radius 3 is 2.42 bits per heavy atom. The van der Waals surface area contributed by atoms with Crippen LogP contribution in [0.1, 0.15) is 44.9 Å². The minimum Gasteiger partial charge on any atom is -0.393 e. The Morgan fingerprint density at radius 2 is 1.83 bits per heavy atom. The van der Waals surface area contributed by atoms with Crippen molar-refractivity contribution < 1.29 is 14.7 Å². The highest BCUT2D eigenvalue weighted by atomic mass is 16.3. The van der Waals surface area contributed by atoms with Gasteiger partial charge in [-0.1, -0.05) is 6.08 Å². The van der Waals surface area contributed by atoms with Gasteiger partial charge in [-0.05, 0) is 44.9 Å². The van der Waals surface area contributed by atoms with E-state index in [-0.39, 0.29) is 29.7 Å². The van der Waals surface area contributed by atoms with Crippen LogP contribution < -0.4 is 5.32 Å². The van der Waals surface area contributed by atoms with Crippen LogP contribution in [-0.2, 0) is 9.59 Å². The minimum atomic E-state index is -0.543. The summed E-state index contributed by atoms with van der Waals surface area (Å²) in [6, 6.07) is 0.289. The molecular weight excluding hydrogens is 304 g/mol. The van der Waals surface area contributed by atoms with Crippen molar-refractivity contribution in [2.24, 2.45) is 11.8 Å². The van der Waals surface area contributed by atoms with Crippen molar-refractivity contribution in [1.82, 2.24) is 10.2 Å². The first-order valence-corrected chi connectivity index (χ1v) is 8.87. The highest BCUT2D eigenvalue weighted by Gasteiger charge is 2.44. The van der Waals surface area contributed by atoms with Crippen LogP contribution in [0.4, 0.5) is 0 Å². The minimum absolute atomic E-state index is 0.00824. The number of aliphatic hydroxyl groups is 1. The van der Waals surface area contributed by atoms with Crippen LogP contribution in [0.5, 0.6) is 0 Å². The average Bonchev–Trinajstić information content (AvgIpc) is 3.31. The second-order valence-electron chi connectivity index (χ2n) is 6.67. The van der Waals surface area contributed by atoms with Crippen LogP contribution in [0.3, 0.4) is 0 Å². The van der Waals surface area contributed by atoms with Crippen molar-refractivity contribution in [1.29, 1.82) is 0 Å². The van der Waals surface area contributed by atoms with E-state index in [1.54, 1.807) is 11.9 Å². The van der Waals surface area contributed by atoms with E-state index in [2.05, 4.69) is 25.1 Å². The summed E-state index contributed by atoms with van der Waals surface area (Å²) in [6.45, 7) is 10.4. The molecule has 136 valence electrons. The molecule has 5 nitrogen and oxygen atoms in total. The maximum Gasteiger partial charge on any atom is 0.226 e. The summed E-state index contributed by atoms with van der Waals surface area (Å²) in [7, 11) is 1.79. The van der Waals surface area contributed by atoms with Crippen molar-refractivity contribution in [3.05, 3.63) is 25.8 Å². The van der Waals surface area contributed by atoms with Crippen molar-refractivity contribution in [2.75, 3.05) is 13.6 Å². The molecule has 0 saturated heterocycles. The van der Waals surface area contributed by atoms with Gasteiger partial charge in [-0.15, -0.1) is 19.7 Å². The van der Waals surface area contributed by atoms with E-state index in [4.69, 9.17) is 0 Å². The molecule has 0 aromatic carbocycles. The molecule has 2 fully saturated rings. The Labute approximate surface area is 145 Å². The van der Waals surface area contributed by atoms with E-state index in [1.807, 2.05) is 6.08 Å². The number of carbonyl (C=O) groups excluding carboxylic acids is 2. The Hall–Kier alpha value is -1.62. The summed E-state index contributed by atoms with van der Waals surface area (Å²) in [5.41, 5.74) is 0. The maximum absolute atomic E-state index is 12.6. The van der Waals surface area contributed by atoms with Gasteiger partial charge in [-0.3, -0.25) is 9.59 Å². The second-order valence-corrected chi connectivity index (χ2v) is 6.67. The van der Waals surface area contributed by atoms with E-state index >= 15 is 0 Å². The number of aliphatic hydroxyl groups excluding tert-OH is 1. The third kappa shape index (κ3) is 6.11. The molecule has 2 amide bonds. The number of hydrogen-bond donors (Lipinski definition) is 2. The highest BCUT2D eigenvalue weighted by Crippen LogP contribution is 2.34. The quantitative estimate of drug-likeness (QED) is 0.528. The third-order valence-corrected chi connectivity index (χ3v) is 4.64. The second kappa shape index (κ2) is 10.3. The fourth-order valence-electron chi connectivity index (χ4n) is 3.14. The summed E-state index contributed by atoms with van der Waals surface area (Å²) >= 11 is 0. The Balaban J connectivity index is 0.00000139. The summed E-state index contributed by atoms with van der Waals surface area (Å²) in [6.07, 6.45) is 7.11. The first-order chi connectivity index (χ1) is 11.5. The molecule has 0 aliphatic heterocycles. The van der Waals surface area contributed by atoms with Gasteiger partial charge in [-0.2, -0.15) is 0 Å². The molecule has 24 heavy (non-hydrogen) atoms. The van der Waals surface area contributed by atoms with Crippen molar-refractivity contribution >= 4 is 11.8 Å². The molecule has 3 atom stereocenters. The van der Waals surface area contributed by atoms with E-state index in [9.17, 15) is 14.7 Å². The summed E-state index contributed by atoms with van der Waals surface area (Å²) < 4.78 is 0. The van der Waals surface area contributed by atoms with Crippen molar-refractivity contribution in [3.8, 4) is 0 Å². The van der Waals surface area contributed by atoms with Gasteiger partial charge < -0.3 is 15.3 Å². The predicted molar refractivity (Wildman–Crippen MR) is 96.3 cm³/mol. The van der Waals surface area contributed by atoms with E-state index in [0.29, 0.717) is 19.4 Å². The average molecular weight is 336 g/mol. The molecule has 2 saturated carbocycles. The third-order valence-electron chi connectivity index (χ3n) is 4.64. The topological polar surface area (TPSA) is 69.6 Å². The highest BCUT2D eigenvalue weighted by molar-refractivity contribution is 5.88. The fraction of sp³-hybridized carbons (Fsp3) is 0.684. The van der Waals surface area contributed by atoms with Crippen LogP contribution >= 0.6 is 0 Å². The monoisotopic (exact) mass is 336 g/mol. The van der Waals surface area contributed by atoms with Gasteiger partial charge in [0.05, 0.1) is 17.9 Å². The van der Waals surface area contributed by atoms with Crippen molar-refractivity contribution in [3.63, 3.8) is 0 Å². The molecule has 0 bridgehead atoms. The molecule has 0 spiro atoms. The lowest BCUT2D eigenvalue weighted by Crippen LogP contribution is -2.41. The fourth-order valence-corrected chi connectivity index (χ4v) is 3.14. The number of nitrogens with zero attached hydrogens (tertiary/aromatic N) is 1. The number of carbonyl (C=O) groups is 2. The van der Waals surface area contributed by atoms with Crippen LogP contribution in [0.25, 0.3) is 0 Å². The number of hydrogen-bond acceptors (Lipinski definition) is 3. The number of rotatable bonds is 8. The number of nitrogens with one attached hydrogen (secondary N) is 1. The van der Waals surface area contributed by atoms with Gasteiger partial charge in [-0.25, -0.2) is 0 Å². The molecule has 2 unspecified atom stereocenters. The smallest absolute Gasteiger partial charge is 0.226 e. The number of unbranched alkanes of at least 4 members (excludes halogenated alkanes) is 2. The van der Waals surface area contributed by atoms with Gasteiger partial charge in [0.2, 0.25) is 11.8 Å². The molecule has 2 aliphatic rings. The van der Waals surface area contributed by atoms with Gasteiger partial charge in [0.1, 0.15) is 0 Å². The molecule has 0 aromatic heterocycles. The largest absolute Gasteiger partial charge is 0.393 e. The van der Waals surface area contributed by atoms with Crippen LogP contribution in [0, 0.1) is 11.8 Å². The van der Waals surface area contributed by atoms with E-state index in [1.165, 1.54) is 0 Å². The molecule has 2 aliphatic carbocycles. The molecule has 0 radical (unpaired) electrons. The van der Waals surface area contributed by atoms with Crippen molar-refractivity contribution in [2.45, 2.75) is 57.1 Å². The predicted octanol–water partition coefficient (Wildman–Crippen LogP) is 2.27. The normalized spacial score (nSPS) is 25.3. The van der Waals surface area contributed by atoms with Crippen LogP contribution in [-0.4, -0.2) is 47.6 Å². The SMILES string of the molecule is C=C.C=CCCCCN(C)C(=O)[C@@H]1CC(O)CC1C(=O)NC1CC1. The zero-order valence-corrected chi connectivity index (χ0v) is 14.9. The summed E-state index contributed by atoms with van der Waals surface area (Å²) in [5.74, 6) is -0.819. The Kier molecular flexibility index (Phi) is 8.76. The Bertz CT molecular complexity index is 434. The first kappa shape index (κ1) is 20.4. The lowest BCUT2D eigenvalue weighted by atomic mass is 9.93. The van der Waals surface area contributed by atoms with Crippen LogP contribution in [0.15, 0.2) is 25.8 Å². The summed E-state index contributed by atoms with van der Waals surface area (Å²) in [5, 5.41) is 12.9. The zero-order valence-electron chi connectivity index (χ0n) is 14.9. The summed E-state index contributed by atoms with van der Waals surface area (Å²) in [4.78, 5) is 26.6. The molecule has 2 rings (SSSR count). The number of allylic oxidation sites excluding steroid dienone is 1. The lowest BCUT2D eigenvalue weighted by molar-refractivity contribution is -0.139. The van der Waals surface area contributed by atoms with Gasteiger partial charge in [0.15, 0.2) is 0 Å². The molecule has 2 N–H and O–H groups in total. The first-order valence-electron chi connectivity index (χ1n) is 8.87. The molecule has 5 heteroatoms. The standard InChI is InChI=1S/C17H28N2O3.C2H4/c1-3-4-5-6-9-19(2)17(22)15-11-13(20)10-14(15)16(21)18-12-7-8-12;1-2/h3,12-15,20H,1,4-11H2,2H3,(H,18,21);1-2H2/t13?,14?,15-;/m1./s1. The molecule has 0 aromatic rings. The maximum atomic E-state index is 12.6. The van der Waals surface area contributed by atoms with Crippen LogP contribution in [0.2, 0.25) is 0 Å². The molecule has 0 heterocycles. The van der Waals surface area contributed by atoms with Gasteiger partial charge in [0, 0.05) is 19.6 Å². The zero-order chi connectivity index (χ0) is 18.1.